The molecule has 0 aliphatic heterocycles. The predicted octanol–water partition coefficient (Wildman–Crippen LogP) is 3.41. The SMILES string of the molecule is CN=C(NCCc1ccc(Cl)nc1)NCc1ccccc1COC.I. The molecule has 2 N–H and O–H groups in total. The highest BCUT2D eigenvalue weighted by molar-refractivity contribution is 14.0. The van der Waals surface area contributed by atoms with Gasteiger partial charge in [0.15, 0.2) is 5.96 Å². The number of rotatable bonds is 7. The molecule has 0 atom stereocenters. The molecule has 7 heteroatoms. The number of halogens is 2. The van der Waals surface area contributed by atoms with Crippen molar-refractivity contribution in [2.24, 2.45) is 4.99 Å². The fourth-order valence-corrected chi connectivity index (χ4v) is 2.42. The van der Waals surface area contributed by atoms with E-state index in [-0.39, 0.29) is 24.0 Å². The average molecular weight is 475 g/mol. The second-order valence-corrected chi connectivity index (χ2v) is 5.68. The van der Waals surface area contributed by atoms with Crippen LogP contribution in [0.3, 0.4) is 0 Å². The molecule has 0 saturated heterocycles. The van der Waals surface area contributed by atoms with Crippen LogP contribution < -0.4 is 10.6 Å². The van der Waals surface area contributed by atoms with Crippen LogP contribution in [-0.4, -0.2) is 31.6 Å². The van der Waals surface area contributed by atoms with E-state index in [4.69, 9.17) is 16.3 Å². The Morgan fingerprint density at radius 2 is 1.92 bits per heavy atom. The van der Waals surface area contributed by atoms with Crippen LogP contribution in [0.4, 0.5) is 0 Å². The van der Waals surface area contributed by atoms with Crippen molar-refractivity contribution in [3.8, 4) is 0 Å². The maximum Gasteiger partial charge on any atom is 0.191 e. The molecule has 0 aliphatic carbocycles. The molecular weight excluding hydrogens is 451 g/mol. The summed E-state index contributed by atoms with van der Waals surface area (Å²) in [6.45, 7) is 2.07. The lowest BCUT2D eigenvalue weighted by molar-refractivity contribution is 0.184. The van der Waals surface area contributed by atoms with Crippen LogP contribution in [0.2, 0.25) is 5.15 Å². The molecular formula is C18H24ClIN4O. The van der Waals surface area contributed by atoms with Crippen molar-refractivity contribution < 1.29 is 4.74 Å². The van der Waals surface area contributed by atoms with Gasteiger partial charge in [0.1, 0.15) is 5.15 Å². The van der Waals surface area contributed by atoms with Crippen LogP contribution in [0.1, 0.15) is 16.7 Å². The lowest BCUT2D eigenvalue weighted by Crippen LogP contribution is -2.38. The number of pyridine rings is 1. The van der Waals surface area contributed by atoms with Crippen LogP contribution in [0.5, 0.6) is 0 Å². The van der Waals surface area contributed by atoms with E-state index >= 15 is 0 Å². The zero-order chi connectivity index (χ0) is 17.2. The molecule has 1 aromatic carbocycles. The molecule has 25 heavy (non-hydrogen) atoms. The maximum absolute atomic E-state index is 5.79. The van der Waals surface area contributed by atoms with Crippen molar-refractivity contribution in [1.29, 1.82) is 0 Å². The summed E-state index contributed by atoms with van der Waals surface area (Å²) < 4.78 is 5.24. The van der Waals surface area contributed by atoms with Gasteiger partial charge in [0.05, 0.1) is 6.61 Å². The minimum Gasteiger partial charge on any atom is -0.380 e. The van der Waals surface area contributed by atoms with E-state index in [1.165, 1.54) is 11.1 Å². The molecule has 5 nitrogen and oxygen atoms in total. The Morgan fingerprint density at radius 1 is 1.16 bits per heavy atom. The van der Waals surface area contributed by atoms with E-state index in [1.807, 2.05) is 18.2 Å². The molecule has 2 aromatic rings. The van der Waals surface area contributed by atoms with Crippen molar-refractivity contribution in [2.75, 3.05) is 20.7 Å². The highest BCUT2D eigenvalue weighted by Crippen LogP contribution is 2.09. The topological polar surface area (TPSA) is 58.5 Å². The smallest absolute Gasteiger partial charge is 0.191 e. The fourth-order valence-electron chi connectivity index (χ4n) is 2.31. The Morgan fingerprint density at radius 3 is 2.56 bits per heavy atom. The molecule has 0 radical (unpaired) electrons. The minimum absolute atomic E-state index is 0. The van der Waals surface area contributed by atoms with Crippen molar-refractivity contribution >= 4 is 41.5 Å². The molecule has 0 fully saturated rings. The molecule has 1 aromatic heterocycles. The highest BCUT2D eigenvalue weighted by Gasteiger charge is 2.03. The quantitative estimate of drug-likeness (QED) is 0.279. The number of hydrogen-bond donors (Lipinski definition) is 2. The zero-order valence-corrected chi connectivity index (χ0v) is 17.5. The molecule has 0 amide bonds. The number of aromatic nitrogens is 1. The largest absolute Gasteiger partial charge is 0.380 e. The lowest BCUT2D eigenvalue weighted by atomic mass is 10.1. The summed E-state index contributed by atoms with van der Waals surface area (Å²) in [6.07, 6.45) is 2.65. The Kier molecular flexibility index (Phi) is 10.4. The number of nitrogens with zero attached hydrogens (tertiary/aromatic N) is 2. The first-order valence-electron chi connectivity index (χ1n) is 7.83. The van der Waals surface area contributed by atoms with Gasteiger partial charge in [0, 0.05) is 33.4 Å². The molecule has 1 heterocycles. The second kappa shape index (κ2) is 12.1. The van der Waals surface area contributed by atoms with Gasteiger partial charge in [0.25, 0.3) is 0 Å². The van der Waals surface area contributed by atoms with Gasteiger partial charge in [0.2, 0.25) is 0 Å². The number of hydrogen-bond acceptors (Lipinski definition) is 3. The van der Waals surface area contributed by atoms with E-state index in [1.54, 1.807) is 26.4 Å². The van der Waals surface area contributed by atoms with Crippen LogP contribution in [0.15, 0.2) is 47.6 Å². The van der Waals surface area contributed by atoms with E-state index in [2.05, 4.69) is 32.7 Å². The number of aliphatic imine (C=N–C) groups is 1. The number of benzene rings is 1. The second-order valence-electron chi connectivity index (χ2n) is 5.29. The third-order valence-electron chi connectivity index (χ3n) is 3.58. The summed E-state index contributed by atoms with van der Waals surface area (Å²) in [6, 6.07) is 12.0. The molecule has 136 valence electrons. The summed E-state index contributed by atoms with van der Waals surface area (Å²) in [4.78, 5) is 8.33. The number of ether oxygens (including phenoxy) is 1. The summed E-state index contributed by atoms with van der Waals surface area (Å²) in [5, 5.41) is 7.14. The van der Waals surface area contributed by atoms with Gasteiger partial charge in [-0.05, 0) is 29.2 Å². The van der Waals surface area contributed by atoms with Gasteiger partial charge < -0.3 is 15.4 Å². The van der Waals surface area contributed by atoms with Gasteiger partial charge in [-0.25, -0.2) is 4.98 Å². The fraction of sp³-hybridized carbons (Fsp3) is 0.333. The molecule has 2 rings (SSSR count). The van der Waals surface area contributed by atoms with Crippen molar-refractivity contribution in [2.45, 2.75) is 19.6 Å². The molecule has 0 saturated carbocycles. The number of nitrogens with one attached hydrogen (secondary N) is 2. The predicted molar refractivity (Wildman–Crippen MR) is 114 cm³/mol. The minimum atomic E-state index is 0. The van der Waals surface area contributed by atoms with Crippen molar-refractivity contribution in [1.82, 2.24) is 15.6 Å². The van der Waals surface area contributed by atoms with E-state index in [0.717, 1.165) is 24.5 Å². The third kappa shape index (κ3) is 7.58. The molecule has 0 spiro atoms. The lowest BCUT2D eigenvalue weighted by Gasteiger charge is -2.14. The molecule has 0 bridgehead atoms. The van der Waals surface area contributed by atoms with Crippen LogP contribution >= 0.6 is 35.6 Å². The molecule has 0 unspecified atom stereocenters. The normalized spacial score (nSPS) is 10.9. The zero-order valence-electron chi connectivity index (χ0n) is 14.5. The summed E-state index contributed by atoms with van der Waals surface area (Å²) in [5.41, 5.74) is 3.51. The first-order valence-corrected chi connectivity index (χ1v) is 8.21. The van der Waals surface area contributed by atoms with E-state index < -0.39 is 0 Å². The molecule has 0 aliphatic rings. The summed E-state index contributed by atoms with van der Waals surface area (Å²) in [7, 11) is 3.47. The first-order chi connectivity index (χ1) is 11.7. The highest BCUT2D eigenvalue weighted by atomic mass is 127. The number of methoxy groups -OCH3 is 1. The van der Waals surface area contributed by atoms with E-state index in [9.17, 15) is 0 Å². The van der Waals surface area contributed by atoms with Gasteiger partial charge in [-0.2, -0.15) is 0 Å². The monoisotopic (exact) mass is 474 g/mol. The summed E-state index contributed by atoms with van der Waals surface area (Å²) in [5.74, 6) is 0.768. The van der Waals surface area contributed by atoms with Gasteiger partial charge in [-0.15, -0.1) is 24.0 Å². The van der Waals surface area contributed by atoms with E-state index in [0.29, 0.717) is 18.3 Å². The third-order valence-corrected chi connectivity index (χ3v) is 3.81. The Bertz CT molecular complexity index is 664. The number of guanidine groups is 1. The van der Waals surface area contributed by atoms with Gasteiger partial charge in [-0.1, -0.05) is 41.9 Å². The maximum atomic E-state index is 5.79. The van der Waals surface area contributed by atoms with Gasteiger partial charge in [-0.3, -0.25) is 4.99 Å². The summed E-state index contributed by atoms with van der Waals surface area (Å²) >= 11 is 5.79. The first kappa shape index (κ1) is 21.7. The van der Waals surface area contributed by atoms with Crippen molar-refractivity contribution in [3.63, 3.8) is 0 Å². The van der Waals surface area contributed by atoms with Crippen LogP contribution in [0, 0.1) is 0 Å². The Labute approximate surface area is 171 Å². The standard InChI is InChI=1S/C18H23ClN4O.HI/c1-20-18(21-10-9-14-7-8-17(19)22-11-14)23-12-15-5-3-4-6-16(15)13-24-2;/h3-8,11H,9-10,12-13H2,1-2H3,(H2,20,21,23);1H. The van der Waals surface area contributed by atoms with Crippen LogP contribution in [-0.2, 0) is 24.3 Å². The Hall–Kier alpha value is -1.38. The van der Waals surface area contributed by atoms with Crippen LogP contribution in [0.25, 0.3) is 0 Å². The van der Waals surface area contributed by atoms with Crippen molar-refractivity contribution in [3.05, 3.63) is 64.4 Å². The van der Waals surface area contributed by atoms with Gasteiger partial charge >= 0.3 is 0 Å². The average Bonchev–Trinajstić information content (AvgIpc) is 2.61. The Balaban J connectivity index is 0.00000312.